The maximum absolute atomic E-state index is 13.6. The Morgan fingerprint density at radius 1 is 1.04 bits per heavy atom. The van der Waals surface area contributed by atoms with E-state index in [0.717, 1.165) is 0 Å². The number of halogens is 2. The third-order valence-electron chi connectivity index (χ3n) is 3.30. The molecule has 8 nitrogen and oxygen atoms in total. The zero-order valence-corrected chi connectivity index (χ0v) is 15.5. The number of rotatable bonds is 8. The largest absolute Gasteiger partial charge is 0.772 e. The predicted octanol–water partition coefficient (Wildman–Crippen LogP) is 1.87. The Morgan fingerprint density at radius 3 is 2.22 bits per heavy atom. The molecule has 2 aromatic rings. The van der Waals surface area contributed by atoms with E-state index in [4.69, 9.17) is 4.74 Å². The summed E-state index contributed by atoms with van der Waals surface area (Å²) >= 11 is 0. The summed E-state index contributed by atoms with van der Waals surface area (Å²) in [5.41, 5.74) is 0. The van der Waals surface area contributed by atoms with Gasteiger partial charge in [-0.2, -0.15) is 8.42 Å². The monoisotopic (exact) mass is 422 g/mol. The van der Waals surface area contributed by atoms with Crippen molar-refractivity contribution >= 4 is 20.1 Å². The van der Waals surface area contributed by atoms with Crippen LogP contribution in [0.1, 0.15) is 0 Å². The maximum atomic E-state index is 13.6. The van der Waals surface area contributed by atoms with E-state index < -0.39 is 54.3 Å². The molecule has 0 atom stereocenters. The number of nitrogens with zero attached hydrogens (tertiary/aromatic N) is 1. The van der Waals surface area contributed by atoms with Gasteiger partial charge in [-0.05, 0) is 36.4 Å². The summed E-state index contributed by atoms with van der Waals surface area (Å²) in [6.45, 7) is -1.73. The highest BCUT2D eigenvalue weighted by atomic mass is 32.2. The number of methoxy groups -OCH3 is 1. The van der Waals surface area contributed by atoms with Crippen molar-refractivity contribution in [2.24, 2.45) is 0 Å². The van der Waals surface area contributed by atoms with Gasteiger partial charge in [0.1, 0.15) is 22.3 Å². The van der Waals surface area contributed by atoms with Gasteiger partial charge in [-0.25, -0.2) is 17.2 Å². The van der Waals surface area contributed by atoms with Gasteiger partial charge in [-0.1, -0.05) is 0 Å². The minimum atomic E-state index is -4.83. The van der Waals surface area contributed by atoms with E-state index in [1.165, 1.54) is 31.4 Å². The minimum Gasteiger partial charge on any atom is -0.772 e. The highest BCUT2D eigenvalue weighted by Crippen LogP contribution is 2.20. The Morgan fingerprint density at radius 2 is 1.67 bits per heavy atom. The highest BCUT2D eigenvalue weighted by Gasteiger charge is 2.22. The van der Waals surface area contributed by atoms with Crippen LogP contribution in [0.15, 0.2) is 52.3 Å². The Kier molecular flexibility index (Phi) is 6.49. The smallest absolute Gasteiger partial charge is 0.297 e. The molecule has 2 rings (SSSR count). The van der Waals surface area contributed by atoms with Gasteiger partial charge in [0.2, 0.25) is 10.0 Å². The summed E-state index contributed by atoms with van der Waals surface area (Å²) in [5.74, 6) is -2.05. The summed E-state index contributed by atoms with van der Waals surface area (Å²) in [5, 5.41) is 11.8. The van der Waals surface area contributed by atoms with Crippen LogP contribution in [0.2, 0.25) is 0 Å². The molecule has 0 spiro atoms. The van der Waals surface area contributed by atoms with E-state index >= 15 is 0 Å². The van der Waals surface area contributed by atoms with Gasteiger partial charge in [0.25, 0.3) is 10.1 Å². The Balaban J connectivity index is 2.04. The van der Waals surface area contributed by atoms with Crippen LogP contribution in [0.25, 0.3) is 0 Å². The molecule has 0 heterocycles. The molecule has 0 amide bonds. The van der Waals surface area contributed by atoms with Crippen molar-refractivity contribution in [3.05, 3.63) is 59.3 Å². The molecule has 0 aliphatic carbocycles. The van der Waals surface area contributed by atoms with E-state index in [9.17, 15) is 30.8 Å². The Labute approximate surface area is 154 Å². The third-order valence-corrected chi connectivity index (χ3v) is 6.23. The SMILES string of the molecule is COc1ccc(S(=O)(=O)OCCN([O-])S(=O)(=O)c2ccc(F)cc2F)cc1. The number of sulfonamides is 1. The summed E-state index contributed by atoms with van der Waals surface area (Å²) in [6, 6.07) is 6.73. The second-order valence-corrected chi connectivity index (χ2v) is 8.47. The van der Waals surface area contributed by atoms with E-state index in [1.807, 2.05) is 0 Å². The lowest BCUT2D eigenvalue weighted by Gasteiger charge is -2.27. The van der Waals surface area contributed by atoms with Gasteiger partial charge in [0.05, 0.1) is 18.6 Å². The van der Waals surface area contributed by atoms with Crippen molar-refractivity contribution in [1.29, 1.82) is 0 Å². The lowest BCUT2D eigenvalue weighted by atomic mass is 10.3. The molecule has 12 heteroatoms. The van der Waals surface area contributed by atoms with E-state index in [2.05, 4.69) is 4.18 Å². The molecule has 27 heavy (non-hydrogen) atoms. The first-order chi connectivity index (χ1) is 12.6. The fourth-order valence-electron chi connectivity index (χ4n) is 1.95. The van der Waals surface area contributed by atoms with Gasteiger partial charge in [-0.3, -0.25) is 8.65 Å². The fourth-order valence-corrected chi connectivity index (χ4v) is 3.93. The molecule has 0 saturated heterocycles. The first kappa shape index (κ1) is 21.2. The second kappa shape index (κ2) is 8.27. The number of hydrogen-bond donors (Lipinski definition) is 0. The van der Waals surface area contributed by atoms with Crippen LogP contribution in [0.3, 0.4) is 0 Å². The van der Waals surface area contributed by atoms with Crippen LogP contribution >= 0.6 is 0 Å². The minimum absolute atomic E-state index is 0.229. The van der Waals surface area contributed by atoms with Crippen molar-refractivity contribution in [1.82, 2.24) is 4.47 Å². The highest BCUT2D eigenvalue weighted by molar-refractivity contribution is 7.89. The second-order valence-electron chi connectivity index (χ2n) is 5.06. The van der Waals surface area contributed by atoms with Crippen molar-refractivity contribution in [2.75, 3.05) is 20.3 Å². The molecular weight excluding hydrogens is 408 g/mol. The molecule has 0 radical (unpaired) electrons. The van der Waals surface area contributed by atoms with Gasteiger partial charge in [0.15, 0.2) is 0 Å². The van der Waals surface area contributed by atoms with E-state index in [0.29, 0.717) is 23.9 Å². The summed E-state index contributed by atoms with van der Waals surface area (Å²) in [4.78, 5) is -1.26. The molecule has 0 bridgehead atoms. The average Bonchev–Trinajstić information content (AvgIpc) is 2.61. The first-order valence-corrected chi connectivity index (χ1v) is 10.1. The molecule has 0 fully saturated rings. The topological polar surface area (TPSA) is 113 Å². The molecule has 0 aromatic heterocycles. The molecule has 0 unspecified atom stereocenters. The molecule has 148 valence electrons. The molecule has 0 aliphatic rings. The quantitative estimate of drug-likeness (QED) is 0.471. The standard InChI is InChI=1S/C15H14F2NO7S2/c1-24-12-3-5-13(6-4-12)27(22,23)25-9-8-18(19)26(20,21)15-7-2-11(16)10-14(15)17/h2-7,10H,8-9H2,1H3/q-1. The molecule has 0 saturated carbocycles. The first-order valence-electron chi connectivity index (χ1n) is 7.26. The van der Waals surface area contributed by atoms with E-state index in [-0.39, 0.29) is 4.90 Å². The van der Waals surface area contributed by atoms with Gasteiger partial charge < -0.3 is 9.94 Å². The predicted molar refractivity (Wildman–Crippen MR) is 89.7 cm³/mol. The Bertz CT molecular complexity index is 1010. The van der Waals surface area contributed by atoms with Crippen molar-refractivity contribution in [2.45, 2.75) is 9.79 Å². The summed E-state index contributed by atoms with van der Waals surface area (Å²) in [7, 11) is -7.68. The van der Waals surface area contributed by atoms with Crippen molar-refractivity contribution < 1.29 is 34.5 Å². The molecule has 2 aromatic carbocycles. The lowest BCUT2D eigenvalue weighted by Crippen LogP contribution is -2.30. The average molecular weight is 422 g/mol. The summed E-state index contributed by atoms with van der Waals surface area (Å²) < 4.78 is 83.4. The zero-order chi connectivity index (χ0) is 20.2. The number of benzene rings is 2. The summed E-state index contributed by atoms with van der Waals surface area (Å²) in [6.07, 6.45) is 0. The van der Waals surface area contributed by atoms with Crippen LogP contribution in [0.4, 0.5) is 8.78 Å². The van der Waals surface area contributed by atoms with Crippen LogP contribution in [-0.4, -0.2) is 41.6 Å². The van der Waals surface area contributed by atoms with Crippen molar-refractivity contribution in [3.8, 4) is 5.75 Å². The van der Waals surface area contributed by atoms with Crippen molar-refractivity contribution in [3.63, 3.8) is 0 Å². The normalized spacial score (nSPS) is 12.3. The van der Waals surface area contributed by atoms with Crippen LogP contribution < -0.4 is 4.74 Å². The molecule has 0 N–H and O–H groups in total. The number of ether oxygens (including phenoxy) is 1. The van der Waals surface area contributed by atoms with Gasteiger partial charge >= 0.3 is 0 Å². The van der Waals surface area contributed by atoms with E-state index in [1.54, 1.807) is 0 Å². The van der Waals surface area contributed by atoms with Crippen LogP contribution in [0, 0.1) is 16.8 Å². The molecule has 0 aliphatic heterocycles. The lowest BCUT2D eigenvalue weighted by molar-refractivity contribution is 0.296. The van der Waals surface area contributed by atoms with Crippen LogP contribution in [-0.2, 0) is 24.3 Å². The fraction of sp³-hybridized carbons (Fsp3) is 0.200. The number of hydroxylamine groups is 1. The maximum Gasteiger partial charge on any atom is 0.297 e. The number of hydrogen-bond acceptors (Lipinski definition) is 7. The molecular formula is C15H14F2NO7S2-. The Hall–Kier alpha value is -2.12. The van der Waals surface area contributed by atoms with Gasteiger partial charge in [0, 0.05) is 12.6 Å². The van der Waals surface area contributed by atoms with Gasteiger partial charge in [-0.15, -0.1) is 0 Å². The zero-order valence-electron chi connectivity index (χ0n) is 13.8. The third kappa shape index (κ3) is 4.99. The van der Waals surface area contributed by atoms with Crippen LogP contribution in [0.5, 0.6) is 5.75 Å².